The molecular weight excluding hydrogens is 264 g/mol. The summed E-state index contributed by atoms with van der Waals surface area (Å²) in [5, 5.41) is 4.71. The largest absolute Gasteiger partial charge is 0.371 e. The Morgan fingerprint density at radius 1 is 0.950 bits per heavy atom. The third-order valence-corrected chi connectivity index (χ3v) is 2.06. The smallest absolute Gasteiger partial charge is 0.286 e. The average Bonchev–Trinajstić information content (AvgIpc) is 2.22. The molecule has 0 spiro atoms. The molecule has 0 aliphatic carbocycles. The van der Waals surface area contributed by atoms with Crippen LogP contribution in [0.3, 0.4) is 0 Å². The molecule has 0 heterocycles. The maximum Gasteiger partial charge on any atom is 0.286 e. The first-order valence-corrected chi connectivity index (χ1v) is 6.49. The van der Waals surface area contributed by atoms with Crippen LogP contribution in [0, 0.1) is 0 Å². The molecule has 0 rings (SSSR count). The summed E-state index contributed by atoms with van der Waals surface area (Å²) < 4.78 is 10.7. The maximum absolute atomic E-state index is 12.3. The predicted molar refractivity (Wildman–Crippen MR) is 72.7 cm³/mol. The first-order chi connectivity index (χ1) is 9.09. The summed E-state index contributed by atoms with van der Waals surface area (Å²) >= 11 is 0. The summed E-state index contributed by atoms with van der Waals surface area (Å²) in [6.07, 6.45) is -0.554. The summed E-state index contributed by atoms with van der Waals surface area (Å²) in [5.74, 6) is -3.49. The number of ether oxygens (including phenoxy) is 2. The Labute approximate surface area is 119 Å². The minimum absolute atomic E-state index is 0.162. The lowest BCUT2D eigenvalue weighted by atomic mass is 10.2. The topological polar surface area (TPSA) is 93.7 Å². The normalized spacial score (nSPS) is 11.6. The SMILES string of the molecule is CC(=O)NC(NC(C)=O)(OC(C)C)C(=O)COC(C)C. The molecule has 0 aromatic rings. The van der Waals surface area contributed by atoms with Crippen LogP contribution in [-0.2, 0) is 23.9 Å². The van der Waals surface area contributed by atoms with Gasteiger partial charge in [-0.3, -0.25) is 14.4 Å². The van der Waals surface area contributed by atoms with Gasteiger partial charge in [0.15, 0.2) is 0 Å². The van der Waals surface area contributed by atoms with Gasteiger partial charge in [-0.15, -0.1) is 0 Å². The van der Waals surface area contributed by atoms with Gasteiger partial charge in [-0.25, -0.2) is 0 Å². The van der Waals surface area contributed by atoms with Crippen LogP contribution < -0.4 is 10.6 Å². The predicted octanol–water partition coefficient (Wildman–Crippen LogP) is 0.332. The van der Waals surface area contributed by atoms with Gasteiger partial charge in [0.1, 0.15) is 6.61 Å². The number of ketones is 1. The molecule has 0 saturated carbocycles. The molecular formula is C13H24N2O5. The van der Waals surface area contributed by atoms with Crippen molar-refractivity contribution < 1.29 is 23.9 Å². The van der Waals surface area contributed by atoms with Gasteiger partial charge < -0.3 is 20.1 Å². The lowest BCUT2D eigenvalue weighted by Gasteiger charge is -2.34. The van der Waals surface area contributed by atoms with Crippen LogP contribution in [-0.4, -0.2) is 42.3 Å². The third kappa shape index (κ3) is 6.63. The standard InChI is InChI=1S/C13H24N2O5/c1-8(2)19-7-12(18)13(14-10(5)16,15-11(6)17)20-9(3)4/h8-9H,7H2,1-6H3,(H,14,16)(H,15,17). The van der Waals surface area contributed by atoms with Crippen molar-refractivity contribution >= 4 is 17.6 Å². The molecule has 0 bridgehead atoms. The van der Waals surface area contributed by atoms with Crippen molar-refractivity contribution in [1.82, 2.24) is 10.6 Å². The molecule has 0 saturated heterocycles. The lowest BCUT2D eigenvalue weighted by Crippen LogP contribution is -2.68. The number of nitrogens with one attached hydrogen (secondary N) is 2. The fourth-order valence-corrected chi connectivity index (χ4v) is 1.49. The average molecular weight is 288 g/mol. The van der Waals surface area contributed by atoms with Crippen molar-refractivity contribution in [2.75, 3.05) is 6.61 Å². The van der Waals surface area contributed by atoms with E-state index in [1.54, 1.807) is 27.7 Å². The van der Waals surface area contributed by atoms with E-state index in [-0.39, 0.29) is 12.7 Å². The third-order valence-electron chi connectivity index (χ3n) is 2.06. The number of rotatable bonds is 8. The fraction of sp³-hybridized carbons (Fsp3) is 0.769. The lowest BCUT2D eigenvalue weighted by molar-refractivity contribution is -0.176. The molecule has 0 aromatic carbocycles. The van der Waals surface area contributed by atoms with Gasteiger partial charge in [0, 0.05) is 13.8 Å². The summed E-state index contributed by atoms with van der Waals surface area (Å²) in [6.45, 7) is 9.10. The van der Waals surface area contributed by atoms with Crippen molar-refractivity contribution in [1.29, 1.82) is 0 Å². The number of hydrogen-bond donors (Lipinski definition) is 2. The Hall–Kier alpha value is -1.47. The quantitative estimate of drug-likeness (QED) is 0.628. The minimum atomic E-state index is -1.90. The number of Topliss-reactive ketones (excluding diaryl/α,β-unsaturated/α-hetero) is 1. The number of amides is 2. The van der Waals surface area contributed by atoms with Crippen molar-refractivity contribution in [3.63, 3.8) is 0 Å². The Balaban J connectivity index is 5.27. The van der Waals surface area contributed by atoms with Crippen LogP contribution in [0.5, 0.6) is 0 Å². The van der Waals surface area contributed by atoms with Crippen molar-refractivity contribution in [2.45, 2.75) is 59.6 Å². The highest BCUT2D eigenvalue weighted by atomic mass is 16.6. The highest BCUT2D eigenvalue weighted by Crippen LogP contribution is 2.10. The molecule has 0 fully saturated rings. The number of carbonyl (C=O) groups is 3. The Morgan fingerprint density at radius 3 is 1.70 bits per heavy atom. The minimum Gasteiger partial charge on any atom is -0.371 e. The Bertz CT molecular complexity index is 350. The fourth-order valence-electron chi connectivity index (χ4n) is 1.49. The molecule has 20 heavy (non-hydrogen) atoms. The molecule has 2 N–H and O–H groups in total. The van der Waals surface area contributed by atoms with Crippen LogP contribution in [0.25, 0.3) is 0 Å². The van der Waals surface area contributed by atoms with E-state index in [1.807, 2.05) is 0 Å². The zero-order chi connectivity index (χ0) is 15.9. The van der Waals surface area contributed by atoms with E-state index in [2.05, 4.69) is 10.6 Å². The summed E-state index contributed by atoms with van der Waals surface area (Å²) in [5.41, 5.74) is 0. The molecule has 2 amide bonds. The van der Waals surface area contributed by atoms with Gasteiger partial charge in [-0.1, -0.05) is 0 Å². The number of carbonyl (C=O) groups excluding carboxylic acids is 3. The van der Waals surface area contributed by atoms with Crippen molar-refractivity contribution in [2.24, 2.45) is 0 Å². The molecule has 0 radical (unpaired) electrons. The molecule has 0 aliphatic rings. The highest BCUT2D eigenvalue weighted by Gasteiger charge is 2.42. The zero-order valence-corrected chi connectivity index (χ0v) is 12.9. The van der Waals surface area contributed by atoms with E-state index in [0.717, 1.165) is 0 Å². The number of hydrogen-bond acceptors (Lipinski definition) is 5. The van der Waals surface area contributed by atoms with E-state index in [0.29, 0.717) is 0 Å². The van der Waals surface area contributed by atoms with Gasteiger partial charge in [0.05, 0.1) is 12.2 Å². The van der Waals surface area contributed by atoms with Crippen LogP contribution in [0.1, 0.15) is 41.5 Å². The molecule has 116 valence electrons. The maximum atomic E-state index is 12.3. The van der Waals surface area contributed by atoms with E-state index in [1.165, 1.54) is 13.8 Å². The Kier molecular flexibility index (Phi) is 7.38. The summed E-state index contributed by atoms with van der Waals surface area (Å²) in [6, 6.07) is 0. The van der Waals surface area contributed by atoms with Crippen LogP contribution in [0.4, 0.5) is 0 Å². The molecule has 0 aromatic heterocycles. The van der Waals surface area contributed by atoms with E-state index in [9.17, 15) is 14.4 Å². The van der Waals surface area contributed by atoms with Crippen molar-refractivity contribution in [3.8, 4) is 0 Å². The monoisotopic (exact) mass is 288 g/mol. The van der Waals surface area contributed by atoms with Gasteiger partial charge in [-0.2, -0.15) is 0 Å². The first-order valence-electron chi connectivity index (χ1n) is 6.49. The van der Waals surface area contributed by atoms with E-state index >= 15 is 0 Å². The molecule has 7 nitrogen and oxygen atoms in total. The second-order valence-corrected chi connectivity index (χ2v) is 4.99. The molecule has 0 atom stereocenters. The summed E-state index contributed by atoms with van der Waals surface area (Å²) in [7, 11) is 0. The van der Waals surface area contributed by atoms with E-state index < -0.39 is 29.6 Å². The zero-order valence-electron chi connectivity index (χ0n) is 12.9. The summed E-state index contributed by atoms with van der Waals surface area (Å²) in [4.78, 5) is 35.0. The molecule has 7 heteroatoms. The first kappa shape index (κ1) is 18.5. The second-order valence-electron chi connectivity index (χ2n) is 4.99. The molecule has 0 aliphatic heterocycles. The van der Waals surface area contributed by atoms with Gasteiger partial charge in [0.2, 0.25) is 17.6 Å². The highest BCUT2D eigenvalue weighted by molar-refractivity contribution is 5.94. The van der Waals surface area contributed by atoms with Gasteiger partial charge in [0.25, 0.3) is 5.85 Å². The van der Waals surface area contributed by atoms with Crippen LogP contribution >= 0.6 is 0 Å². The Morgan fingerprint density at radius 2 is 1.40 bits per heavy atom. The van der Waals surface area contributed by atoms with Gasteiger partial charge >= 0.3 is 0 Å². The van der Waals surface area contributed by atoms with Crippen LogP contribution in [0.2, 0.25) is 0 Å². The van der Waals surface area contributed by atoms with Crippen LogP contribution in [0.15, 0.2) is 0 Å². The molecule has 0 unspecified atom stereocenters. The second kappa shape index (κ2) is 7.96. The van der Waals surface area contributed by atoms with Crippen molar-refractivity contribution in [3.05, 3.63) is 0 Å². The van der Waals surface area contributed by atoms with E-state index in [4.69, 9.17) is 9.47 Å². The van der Waals surface area contributed by atoms with Gasteiger partial charge in [-0.05, 0) is 27.7 Å².